The number of alkyl halides is 3. The second-order valence-electron chi connectivity index (χ2n) is 6.97. The Kier molecular flexibility index (Phi) is 5.72. The van der Waals surface area contributed by atoms with Crippen LogP contribution >= 0.6 is 0 Å². The highest BCUT2D eigenvalue weighted by Crippen LogP contribution is 2.35. The fraction of sp³-hybridized carbons (Fsp3) is 0.444. The fourth-order valence-electron chi connectivity index (χ4n) is 3.25. The maximum absolute atomic E-state index is 13.6. The molecule has 1 saturated heterocycles. The van der Waals surface area contributed by atoms with E-state index in [-0.39, 0.29) is 28.7 Å². The van der Waals surface area contributed by atoms with E-state index < -0.39 is 33.2 Å². The van der Waals surface area contributed by atoms with Crippen LogP contribution in [0.15, 0.2) is 29.2 Å². The number of carbonyl (C=O) groups is 1. The van der Waals surface area contributed by atoms with E-state index >= 15 is 0 Å². The molecule has 158 valence electrons. The number of hydrogen-bond acceptors (Lipinski definition) is 5. The Balaban J connectivity index is 1.98. The standard InChI is InChI=1S/C18H20F3N3O4S/c1-11-15(18(19,20)21)16(24(23-11)9-12-6-7-28-10-12)17(25)22-13-4-3-5-14(8-13)29(2,26)27/h3-5,8,12H,6-7,9-10H2,1-2H3,(H,22,25). The summed E-state index contributed by atoms with van der Waals surface area (Å²) in [6.45, 7) is 2.21. The first-order chi connectivity index (χ1) is 13.5. The van der Waals surface area contributed by atoms with E-state index in [2.05, 4.69) is 10.4 Å². The van der Waals surface area contributed by atoms with E-state index in [0.29, 0.717) is 19.6 Å². The lowest BCUT2D eigenvalue weighted by Crippen LogP contribution is -2.24. The minimum atomic E-state index is -4.77. The zero-order valence-corrected chi connectivity index (χ0v) is 16.6. The Labute approximate surface area is 165 Å². The van der Waals surface area contributed by atoms with Crippen molar-refractivity contribution in [1.29, 1.82) is 0 Å². The van der Waals surface area contributed by atoms with Gasteiger partial charge in [-0.3, -0.25) is 9.48 Å². The van der Waals surface area contributed by atoms with Crippen LogP contribution in [-0.4, -0.2) is 43.6 Å². The Morgan fingerprint density at radius 3 is 2.69 bits per heavy atom. The number of nitrogens with one attached hydrogen (secondary N) is 1. The van der Waals surface area contributed by atoms with E-state index in [1.807, 2.05) is 0 Å². The van der Waals surface area contributed by atoms with Gasteiger partial charge in [-0.25, -0.2) is 8.42 Å². The Hall–Kier alpha value is -2.40. The van der Waals surface area contributed by atoms with Gasteiger partial charge in [0, 0.05) is 31.0 Å². The number of ether oxygens (including phenoxy) is 1. The molecule has 1 atom stereocenters. The molecule has 0 spiro atoms. The number of benzene rings is 1. The molecule has 2 heterocycles. The molecule has 0 radical (unpaired) electrons. The van der Waals surface area contributed by atoms with E-state index in [9.17, 15) is 26.4 Å². The number of hydrogen-bond donors (Lipinski definition) is 1. The molecule has 0 bridgehead atoms. The van der Waals surface area contributed by atoms with Crippen LogP contribution < -0.4 is 5.32 Å². The number of halogens is 3. The first kappa shape index (κ1) is 21.3. The van der Waals surface area contributed by atoms with Gasteiger partial charge in [0.05, 0.1) is 17.2 Å². The van der Waals surface area contributed by atoms with Crippen LogP contribution in [0.2, 0.25) is 0 Å². The van der Waals surface area contributed by atoms with Crippen molar-refractivity contribution in [1.82, 2.24) is 9.78 Å². The lowest BCUT2D eigenvalue weighted by Gasteiger charge is -2.14. The molecule has 3 rings (SSSR count). The van der Waals surface area contributed by atoms with Crippen LogP contribution in [-0.2, 0) is 27.3 Å². The van der Waals surface area contributed by atoms with Gasteiger partial charge in [0.1, 0.15) is 11.3 Å². The van der Waals surface area contributed by atoms with Crippen molar-refractivity contribution in [2.24, 2.45) is 5.92 Å². The molecule has 1 aliphatic rings. The summed E-state index contributed by atoms with van der Waals surface area (Å²) in [5.41, 5.74) is -1.94. The van der Waals surface area contributed by atoms with Crippen LogP contribution in [0.5, 0.6) is 0 Å². The number of amides is 1. The highest BCUT2D eigenvalue weighted by Gasteiger charge is 2.41. The smallest absolute Gasteiger partial charge is 0.381 e. The van der Waals surface area contributed by atoms with Gasteiger partial charge in [-0.05, 0) is 31.5 Å². The van der Waals surface area contributed by atoms with Crippen LogP contribution in [0.1, 0.15) is 28.2 Å². The lowest BCUT2D eigenvalue weighted by molar-refractivity contribution is -0.138. The average molecular weight is 431 g/mol. The van der Waals surface area contributed by atoms with E-state index in [1.54, 1.807) is 0 Å². The van der Waals surface area contributed by atoms with Crippen molar-refractivity contribution in [2.75, 3.05) is 24.8 Å². The van der Waals surface area contributed by atoms with E-state index in [4.69, 9.17) is 4.74 Å². The topological polar surface area (TPSA) is 90.3 Å². The molecule has 2 aromatic rings. The molecule has 1 aromatic carbocycles. The highest BCUT2D eigenvalue weighted by molar-refractivity contribution is 7.90. The number of anilines is 1. The lowest BCUT2D eigenvalue weighted by atomic mass is 10.1. The SMILES string of the molecule is Cc1nn(CC2CCOC2)c(C(=O)Nc2cccc(S(C)(=O)=O)c2)c1C(F)(F)F. The number of carbonyl (C=O) groups excluding carboxylic acids is 1. The summed E-state index contributed by atoms with van der Waals surface area (Å²) in [4.78, 5) is 12.7. The summed E-state index contributed by atoms with van der Waals surface area (Å²) in [5, 5.41) is 6.31. The Morgan fingerprint density at radius 2 is 2.10 bits per heavy atom. The molecule has 1 unspecified atom stereocenters. The van der Waals surface area contributed by atoms with Gasteiger partial charge in [-0.2, -0.15) is 18.3 Å². The van der Waals surface area contributed by atoms with Gasteiger partial charge in [0.2, 0.25) is 0 Å². The molecule has 29 heavy (non-hydrogen) atoms. The monoisotopic (exact) mass is 431 g/mol. The van der Waals surface area contributed by atoms with Crippen molar-refractivity contribution >= 4 is 21.4 Å². The van der Waals surface area contributed by atoms with Crippen LogP contribution in [0, 0.1) is 12.8 Å². The minimum absolute atomic E-state index is 0.0458. The van der Waals surface area contributed by atoms with Crippen molar-refractivity contribution in [2.45, 2.75) is 31.0 Å². The summed E-state index contributed by atoms with van der Waals surface area (Å²) in [7, 11) is -3.54. The van der Waals surface area contributed by atoms with Crippen molar-refractivity contribution < 1.29 is 31.1 Å². The largest absolute Gasteiger partial charge is 0.420 e. The van der Waals surface area contributed by atoms with Gasteiger partial charge >= 0.3 is 6.18 Å². The van der Waals surface area contributed by atoms with Gasteiger partial charge in [-0.1, -0.05) is 6.07 Å². The molecule has 1 fully saturated rings. The highest BCUT2D eigenvalue weighted by atomic mass is 32.2. The first-order valence-electron chi connectivity index (χ1n) is 8.80. The van der Waals surface area contributed by atoms with Crippen molar-refractivity contribution in [3.8, 4) is 0 Å². The summed E-state index contributed by atoms with van der Waals surface area (Å²) >= 11 is 0. The van der Waals surface area contributed by atoms with Crippen molar-refractivity contribution in [3.05, 3.63) is 41.2 Å². The number of sulfone groups is 1. The predicted molar refractivity (Wildman–Crippen MR) is 98.4 cm³/mol. The molecular weight excluding hydrogens is 411 g/mol. The van der Waals surface area contributed by atoms with Crippen LogP contribution in [0.4, 0.5) is 18.9 Å². The normalized spacial score (nSPS) is 17.5. The fourth-order valence-corrected chi connectivity index (χ4v) is 3.92. The average Bonchev–Trinajstić information content (AvgIpc) is 3.21. The maximum atomic E-state index is 13.6. The second kappa shape index (κ2) is 7.79. The maximum Gasteiger partial charge on any atom is 0.420 e. The second-order valence-corrected chi connectivity index (χ2v) is 8.99. The third-order valence-corrected chi connectivity index (χ3v) is 5.71. The summed E-state index contributed by atoms with van der Waals surface area (Å²) in [6, 6.07) is 5.33. The molecular formula is C18H20F3N3O4S. The number of rotatable bonds is 5. The minimum Gasteiger partial charge on any atom is -0.381 e. The van der Waals surface area contributed by atoms with Gasteiger partial charge in [0.25, 0.3) is 5.91 Å². The number of nitrogens with zero attached hydrogens (tertiary/aromatic N) is 2. The molecule has 0 saturated carbocycles. The van der Waals surface area contributed by atoms with Crippen molar-refractivity contribution in [3.63, 3.8) is 0 Å². The molecule has 1 aromatic heterocycles. The predicted octanol–water partition coefficient (Wildman–Crippen LogP) is 2.90. The molecule has 0 aliphatic carbocycles. The summed E-state index contributed by atoms with van der Waals surface area (Å²) in [6.07, 6.45) is -3.11. The quantitative estimate of drug-likeness (QED) is 0.786. The van der Waals surface area contributed by atoms with E-state index in [1.165, 1.54) is 31.2 Å². The molecule has 1 N–H and O–H groups in total. The van der Waals surface area contributed by atoms with Gasteiger partial charge in [0.15, 0.2) is 9.84 Å². The zero-order valence-electron chi connectivity index (χ0n) is 15.8. The number of aryl methyl sites for hydroxylation is 1. The summed E-state index contributed by atoms with van der Waals surface area (Å²) in [5.74, 6) is -1.06. The first-order valence-corrected chi connectivity index (χ1v) is 10.7. The Morgan fingerprint density at radius 1 is 1.38 bits per heavy atom. The third-order valence-electron chi connectivity index (χ3n) is 4.60. The molecule has 1 amide bonds. The molecule has 1 aliphatic heterocycles. The van der Waals surface area contributed by atoms with Gasteiger partial charge < -0.3 is 10.1 Å². The van der Waals surface area contributed by atoms with E-state index in [0.717, 1.165) is 10.9 Å². The third kappa shape index (κ3) is 4.78. The zero-order chi connectivity index (χ0) is 21.4. The van der Waals surface area contributed by atoms with Gasteiger partial charge in [-0.15, -0.1) is 0 Å². The molecule has 11 heteroatoms. The molecule has 7 nitrogen and oxygen atoms in total. The van der Waals surface area contributed by atoms with Crippen LogP contribution in [0.3, 0.4) is 0 Å². The Bertz CT molecular complexity index is 1030. The summed E-state index contributed by atoms with van der Waals surface area (Å²) < 4.78 is 70.6. The number of aromatic nitrogens is 2. The van der Waals surface area contributed by atoms with Crippen LogP contribution in [0.25, 0.3) is 0 Å².